The van der Waals surface area contributed by atoms with Crippen LogP contribution in [0.1, 0.15) is 5.82 Å². The summed E-state index contributed by atoms with van der Waals surface area (Å²) >= 11 is 0. The van der Waals surface area contributed by atoms with E-state index >= 15 is 0 Å². The number of aliphatic hydroxyl groups excluding tert-OH is 1. The minimum absolute atomic E-state index is 0.0332. The Morgan fingerprint density at radius 2 is 2.29 bits per heavy atom. The van der Waals surface area contributed by atoms with Crippen LogP contribution >= 0.6 is 0 Å². The Balaban J connectivity index is 2.47. The molecule has 0 amide bonds. The first-order chi connectivity index (χ1) is 8.13. The van der Waals surface area contributed by atoms with E-state index in [1.807, 2.05) is 0 Å². The van der Waals surface area contributed by atoms with Gasteiger partial charge in [0.05, 0.1) is 13.2 Å². The van der Waals surface area contributed by atoms with Crippen LogP contribution in [-0.4, -0.2) is 37.8 Å². The van der Waals surface area contributed by atoms with Gasteiger partial charge in [-0.05, 0) is 6.92 Å². The van der Waals surface area contributed by atoms with Crippen molar-refractivity contribution < 1.29 is 9.84 Å². The molecule has 0 bridgehead atoms. The fourth-order valence-electron chi connectivity index (χ4n) is 1.51. The Morgan fingerprint density at radius 3 is 3.00 bits per heavy atom. The number of rotatable bonds is 4. The predicted octanol–water partition coefficient (Wildman–Crippen LogP) is -1.02. The molecule has 0 spiro atoms. The maximum Gasteiger partial charge on any atom is 0.280 e. The molecule has 0 aliphatic rings. The van der Waals surface area contributed by atoms with Crippen molar-refractivity contribution in [3.05, 3.63) is 16.2 Å². The Kier molecular flexibility index (Phi) is 3.07. The standard InChI is InChI=1S/C9H13N5O3/c1-5-11-6-7(12-9(10)13-8(6)16)14(5)4-17-3-2-15/h15H,2-4H2,1H3,(H3,10,12,13,16). The Bertz CT molecular complexity index is 588. The van der Waals surface area contributed by atoms with Gasteiger partial charge in [-0.2, -0.15) is 4.98 Å². The summed E-state index contributed by atoms with van der Waals surface area (Å²) in [5.41, 5.74) is 5.69. The fraction of sp³-hybridized carbons (Fsp3) is 0.444. The zero-order valence-electron chi connectivity index (χ0n) is 9.30. The molecular formula is C9H13N5O3. The van der Waals surface area contributed by atoms with Gasteiger partial charge in [-0.25, -0.2) is 4.98 Å². The van der Waals surface area contributed by atoms with E-state index in [0.717, 1.165) is 0 Å². The second-order valence-electron chi connectivity index (χ2n) is 3.47. The number of nitrogens with one attached hydrogen (secondary N) is 1. The third kappa shape index (κ3) is 2.12. The number of aromatic amines is 1. The third-order valence-corrected chi connectivity index (χ3v) is 2.27. The van der Waals surface area contributed by atoms with Crippen LogP contribution in [0.4, 0.5) is 5.95 Å². The number of ether oxygens (including phenoxy) is 1. The van der Waals surface area contributed by atoms with Crippen LogP contribution < -0.4 is 11.3 Å². The summed E-state index contributed by atoms with van der Waals surface area (Å²) in [6, 6.07) is 0. The second kappa shape index (κ2) is 4.52. The van der Waals surface area contributed by atoms with Crippen LogP contribution in [0.3, 0.4) is 0 Å². The number of nitrogens with zero attached hydrogens (tertiary/aromatic N) is 3. The molecule has 0 radical (unpaired) electrons. The molecule has 0 fully saturated rings. The number of anilines is 1. The number of nitrogens with two attached hydrogens (primary N) is 1. The van der Waals surface area contributed by atoms with Gasteiger partial charge in [0.2, 0.25) is 5.95 Å². The molecule has 8 heteroatoms. The van der Waals surface area contributed by atoms with Crippen LogP contribution in [0, 0.1) is 6.92 Å². The average molecular weight is 239 g/mol. The maximum atomic E-state index is 11.6. The summed E-state index contributed by atoms with van der Waals surface area (Å²) in [6.45, 7) is 2.04. The molecular weight excluding hydrogens is 226 g/mol. The molecule has 0 saturated carbocycles. The summed E-state index contributed by atoms with van der Waals surface area (Å²) in [5, 5.41) is 8.63. The zero-order chi connectivity index (χ0) is 12.4. The van der Waals surface area contributed by atoms with Crippen LogP contribution in [0.15, 0.2) is 4.79 Å². The highest BCUT2D eigenvalue weighted by molar-refractivity contribution is 5.71. The molecule has 0 atom stereocenters. The van der Waals surface area contributed by atoms with Gasteiger partial charge in [0, 0.05) is 0 Å². The Labute approximate surface area is 96.1 Å². The number of imidazole rings is 1. The SMILES string of the molecule is Cc1nc2c(=O)[nH]c(N)nc2n1COCCO. The van der Waals surface area contributed by atoms with E-state index in [9.17, 15) is 4.79 Å². The topological polar surface area (TPSA) is 119 Å². The fourth-order valence-corrected chi connectivity index (χ4v) is 1.51. The van der Waals surface area contributed by atoms with Gasteiger partial charge in [0.1, 0.15) is 12.6 Å². The van der Waals surface area contributed by atoms with Crippen molar-refractivity contribution in [2.24, 2.45) is 0 Å². The largest absolute Gasteiger partial charge is 0.394 e. The van der Waals surface area contributed by atoms with Crippen molar-refractivity contribution in [3.8, 4) is 0 Å². The first-order valence-electron chi connectivity index (χ1n) is 5.04. The van der Waals surface area contributed by atoms with Crippen molar-refractivity contribution in [2.75, 3.05) is 18.9 Å². The molecule has 0 aromatic carbocycles. The maximum absolute atomic E-state index is 11.6. The highest BCUT2D eigenvalue weighted by Gasteiger charge is 2.12. The van der Waals surface area contributed by atoms with Crippen LogP contribution in [-0.2, 0) is 11.5 Å². The number of hydrogen-bond donors (Lipinski definition) is 3. The van der Waals surface area contributed by atoms with E-state index in [0.29, 0.717) is 11.5 Å². The van der Waals surface area contributed by atoms with E-state index < -0.39 is 0 Å². The van der Waals surface area contributed by atoms with Crippen molar-refractivity contribution in [1.82, 2.24) is 19.5 Å². The molecule has 0 unspecified atom stereocenters. The molecule has 2 heterocycles. The Morgan fingerprint density at radius 1 is 1.53 bits per heavy atom. The number of H-pyrrole nitrogens is 1. The number of aliphatic hydroxyl groups is 1. The lowest BCUT2D eigenvalue weighted by Gasteiger charge is -2.06. The molecule has 4 N–H and O–H groups in total. The van der Waals surface area contributed by atoms with Crippen LogP contribution in [0.2, 0.25) is 0 Å². The minimum atomic E-state index is -0.378. The molecule has 92 valence electrons. The summed E-state index contributed by atoms with van der Waals surface area (Å²) in [6.07, 6.45) is 0. The number of hydrogen-bond acceptors (Lipinski definition) is 6. The van der Waals surface area contributed by atoms with E-state index in [1.54, 1.807) is 11.5 Å². The number of nitrogen functional groups attached to an aromatic ring is 1. The highest BCUT2D eigenvalue weighted by Crippen LogP contribution is 2.10. The smallest absolute Gasteiger partial charge is 0.280 e. The number of fused-ring (bicyclic) bond motifs is 1. The summed E-state index contributed by atoms with van der Waals surface area (Å²) < 4.78 is 6.80. The summed E-state index contributed by atoms with van der Waals surface area (Å²) in [7, 11) is 0. The molecule has 0 aliphatic carbocycles. The molecule has 17 heavy (non-hydrogen) atoms. The van der Waals surface area contributed by atoms with Crippen molar-refractivity contribution in [2.45, 2.75) is 13.7 Å². The van der Waals surface area contributed by atoms with Crippen molar-refractivity contribution in [1.29, 1.82) is 0 Å². The summed E-state index contributed by atoms with van der Waals surface area (Å²) in [4.78, 5) is 22.0. The van der Waals surface area contributed by atoms with Crippen LogP contribution in [0.5, 0.6) is 0 Å². The van der Waals surface area contributed by atoms with Gasteiger partial charge in [-0.15, -0.1) is 0 Å². The van der Waals surface area contributed by atoms with Gasteiger partial charge < -0.3 is 15.6 Å². The van der Waals surface area contributed by atoms with E-state index in [1.165, 1.54) is 0 Å². The monoisotopic (exact) mass is 239 g/mol. The highest BCUT2D eigenvalue weighted by atomic mass is 16.5. The molecule has 0 aliphatic heterocycles. The van der Waals surface area contributed by atoms with Gasteiger partial charge in [-0.3, -0.25) is 14.3 Å². The zero-order valence-corrected chi connectivity index (χ0v) is 9.30. The third-order valence-electron chi connectivity index (χ3n) is 2.27. The van der Waals surface area contributed by atoms with E-state index in [4.69, 9.17) is 15.6 Å². The normalized spacial score (nSPS) is 11.2. The first-order valence-corrected chi connectivity index (χ1v) is 5.04. The number of aryl methyl sites for hydroxylation is 1. The molecule has 8 nitrogen and oxygen atoms in total. The lowest BCUT2D eigenvalue weighted by molar-refractivity contribution is 0.0489. The molecule has 2 aromatic heterocycles. The lowest BCUT2D eigenvalue weighted by Crippen LogP contribution is -2.13. The van der Waals surface area contributed by atoms with Crippen molar-refractivity contribution >= 4 is 17.1 Å². The molecule has 2 aromatic rings. The lowest BCUT2D eigenvalue weighted by atomic mass is 10.5. The second-order valence-corrected chi connectivity index (χ2v) is 3.47. The minimum Gasteiger partial charge on any atom is -0.394 e. The summed E-state index contributed by atoms with van der Waals surface area (Å²) in [5.74, 6) is 0.632. The van der Waals surface area contributed by atoms with E-state index in [-0.39, 0.29) is 37.0 Å². The van der Waals surface area contributed by atoms with Gasteiger partial charge in [-0.1, -0.05) is 0 Å². The Hall–Kier alpha value is -1.93. The van der Waals surface area contributed by atoms with Gasteiger partial charge in [0.15, 0.2) is 11.2 Å². The first kappa shape index (κ1) is 11.6. The van der Waals surface area contributed by atoms with Gasteiger partial charge in [0.25, 0.3) is 5.56 Å². The van der Waals surface area contributed by atoms with E-state index in [2.05, 4.69) is 15.0 Å². The average Bonchev–Trinajstić information content (AvgIpc) is 2.57. The van der Waals surface area contributed by atoms with Gasteiger partial charge >= 0.3 is 0 Å². The number of aromatic nitrogens is 4. The quantitative estimate of drug-likeness (QED) is 0.587. The predicted molar refractivity (Wildman–Crippen MR) is 60.3 cm³/mol. The van der Waals surface area contributed by atoms with Crippen molar-refractivity contribution in [3.63, 3.8) is 0 Å². The molecule has 2 rings (SSSR count). The molecule has 0 saturated heterocycles. The van der Waals surface area contributed by atoms with Crippen LogP contribution in [0.25, 0.3) is 11.2 Å².